The second-order valence-corrected chi connectivity index (χ2v) is 3.79. The summed E-state index contributed by atoms with van der Waals surface area (Å²) in [5, 5.41) is 7.62. The second kappa shape index (κ2) is 5.66. The lowest BCUT2D eigenvalue weighted by Gasteiger charge is -2.07. The molecule has 0 aliphatic heterocycles. The lowest BCUT2D eigenvalue weighted by molar-refractivity contribution is 0.615. The number of hydrogen-bond donors (Lipinski definition) is 1. The van der Waals surface area contributed by atoms with E-state index in [0.29, 0.717) is 0 Å². The highest BCUT2D eigenvalue weighted by atomic mass is 15.3. The zero-order valence-corrected chi connectivity index (χ0v) is 9.88. The Bertz CT molecular complexity index is 327. The van der Waals surface area contributed by atoms with Gasteiger partial charge in [0.2, 0.25) is 0 Å². The Hall–Kier alpha value is -1.16. The largest absolute Gasteiger partial charge is 0.313 e. The molecule has 0 aromatic carbocycles. The van der Waals surface area contributed by atoms with Crippen LogP contribution in [0, 0.1) is 13.8 Å². The van der Waals surface area contributed by atoms with Gasteiger partial charge in [-0.2, -0.15) is 5.10 Å². The van der Waals surface area contributed by atoms with Crippen molar-refractivity contribution < 1.29 is 0 Å². The van der Waals surface area contributed by atoms with Crippen LogP contribution in [0.25, 0.3) is 0 Å². The van der Waals surface area contributed by atoms with Crippen LogP contribution in [0.3, 0.4) is 0 Å². The molecule has 0 fully saturated rings. The highest BCUT2D eigenvalue weighted by Crippen LogP contribution is 2.00. The highest BCUT2D eigenvalue weighted by Gasteiger charge is 2.03. The molecule has 0 aliphatic rings. The third kappa shape index (κ3) is 3.83. The van der Waals surface area contributed by atoms with Crippen LogP contribution in [0.15, 0.2) is 12.2 Å². The van der Waals surface area contributed by atoms with Crippen LogP contribution in [0.4, 0.5) is 0 Å². The number of nitrogens with zero attached hydrogens (tertiary/aromatic N) is 3. The van der Waals surface area contributed by atoms with Crippen LogP contribution >= 0.6 is 0 Å². The Labute approximate surface area is 91.4 Å². The van der Waals surface area contributed by atoms with Crippen molar-refractivity contribution in [2.75, 3.05) is 13.1 Å². The lowest BCUT2D eigenvalue weighted by Crippen LogP contribution is -2.20. The molecule has 1 rings (SSSR count). The van der Waals surface area contributed by atoms with Crippen molar-refractivity contribution in [3.05, 3.63) is 23.8 Å². The number of hydrogen-bond acceptors (Lipinski definition) is 3. The number of aryl methyl sites for hydroxylation is 2. The average molecular weight is 208 g/mol. The van der Waals surface area contributed by atoms with E-state index < -0.39 is 0 Å². The maximum atomic E-state index is 4.30. The van der Waals surface area contributed by atoms with Gasteiger partial charge < -0.3 is 5.32 Å². The third-order valence-electron chi connectivity index (χ3n) is 2.14. The SMILES string of the molecule is C=C(CNCCC)Cn1nc(C)nc1C. The Morgan fingerprint density at radius 2 is 2.20 bits per heavy atom. The smallest absolute Gasteiger partial charge is 0.147 e. The van der Waals surface area contributed by atoms with E-state index in [9.17, 15) is 0 Å². The molecule has 0 amide bonds. The molecule has 4 heteroatoms. The summed E-state index contributed by atoms with van der Waals surface area (Å²) >= 11 is 0. The summed E-state index contributed by atoms with van der Waals surface area (Å²) in [5.41, 5.74) is 1.14. The normalized spacial score (nSPS) is 10.6. The number of nitrogens with one attached hydrogen (secondary N) is 1. The average Bonchev–Trinajstić information content (AvgIpc) is 2.45. The molecule has 84 valence electrons. The van der Waals surface area contributed by atoms with Crippen LogP contribution < -0.4 is 5.32 Å². The zero-order chi connectivity index (χ0) is 11.3. The summed E-state index contributed by atoms with van der Waals surface area (Å²) in [6.45, 7) is 12.7. The topological polar surface area (TPSA) is 42.7 Å². The molecular formula is C11H20N4. The maximum Gasteiger partial charge on any atom is 0.147 e. The molecule has 1 aromatic heterocycles. The molecule has 0 radical (unpaired) electrons. The van der Waals surface area contributed by atoms with Crippen molar-refractivity contribution in [1.29, 1.82) is 0 Å². The van der Waals surface area contributed by atoms with Crippen LogP contribution in [-0.4, -0.2) is 27.9 Å². The van der Waals surface area contributed by atoms with Gasteiger partial charge in [0.25, 0.3) is 0 Å². The van der Waals surface area contributed by atoms with Crippen LogP contribution in [0.5, 0.6) is 0 Å². The van der Waals surface area contributed by atoms with Gasteiger partial charge in [0, 0.05) is 6.54 Å². The predicted octanol–water partition coefficient (Wildman–Crippen LogP) is 1.45. The van der Waals surface area contributed by atoms with Crippen LogP contribution in [-0.2, 0) is 6.54 Å². The van der Waals surface area contributed by atoms with E-state index in [2.05, 4.69) is 28.9 Å². The minimum absolute atomic E-state index is 0.753. The van der Waals surface area contributed by atoms with Crippen LogP contribution in [0.2, 0.25) is 0 Å². The fourth-order valence-corrected chi connectivity index (χ4v) is 1.42. The molecular weight excluding hydrogens is 188 g/mol. The highest BCUT2D eigenvalue weighted by molar-refractivity contribution is 4.99. The molecule has 0 bridgehead atoms. The van der Waals surface area contributed by atoms with Crippen LogP contribution in [0.1, 0.15) is 25.0 Å². The molecule has 0 aliphatic carbocycles. The van der Waals surface area contributed by atoms with E-state index in [4.69, 9.17) is 0 Å². The summed E-state index contributed by atoms with van der Waals surface area (Å²) in [6.07, 6.45) is 1.15. The summed E-state index contributed by atoms with van der Waals surface area (Å²) in [6, 6.07) is 0. The predicted molar refractivity (Wildman–Crippen MR) is 61.8 cm³/mol. The Morgan fingerprint density at radius 3 is 2.73 bits per heavy atom. The first-order valence-corrected chi connectivity index (χ1v) is 5.39. The molecule has 0 saturated carbocycles. The molecule has 1 heterocycles. The second-order valence-electron chi connectivity index (χ2n) is 3.79. The standard InChI is InChI=1S/C11H20N4/c1-5-6-12-7-9(2)8-15-11(4)13-10(3)14-15/h12H,2,5-8H2,1,3-4H3. The van der Waals surface area contributed by atoms with Crippen molar-refractivity contribution in [3.63, 3.8) is 0 Å². The van der Waals surface area contributed by atoms with E-state index in [1.807, 2.05) is 18.5 Å². The van der Waals surface area contributed by atoms with Crippen molar-refractivity contribution in [1.82, 2.24) is 20.1 Å². The van der Waals surface area contributed by atoms with Gasteiger partial charge in [0.1, 0.15) is 11.6 Å². The lowest BCUT2D eigenvalue weighted by atomic mass is 10.3. The van der Waals surface area contributed by atoms with E-state index >= 15 is 0 Å². The summed E-state index contributed by atoms with van der Waals surface area (Å²) in [4.78, 5) is 4.25. The first kappa shape index (κ1) is 11.9. The molecule has 0 spiro atoms. The Balaban J connectivity index is 2.41. The molecule has 1 aromatic rings. The minimum atomic E-state index is 0.753. The van der Waals surface area contributed by atoms with Gasteiger partial charge >= 0.3 is 0 Å². The van der Waals surface area contributed by atoms with E-state index in [1.54, 1.807) is 0 Å². The maximum absolute atomic E-state index is 4.30. The monoisotopic (exact) mass is 208 g/mol. The first-order chi connectivity index (χ1) is 7.13. The quantitative estimate of drug-likeness (QED) is 0.568. The van der Waals surface area contributed by atoms with Crippen molar-refractivity contribution in [2.24, 2.45) is 0 Å². The summed E-state index contributed by atoms with van der Waals surface area (Å²) in [5.74, 6) is 1.77. The molecule has 0 saturated heterocycles. The van der Waals surface area contributed by atoms with Gasteiger partial charge in [-0.25, -0.2) is 9.67 Å². The number of rotatable bonds is 6. The molecule has 0 atom stereocenters. The Kier molecular flexibility index (Phi) is 4.49. The van der Waals surface area contributed by atoms with Gasteiger partial charge in [-0.15, -0.1) is 0 Å². The van der Waals surface area contributed by atoms with Gasteiger partial charge in [-0.3, -0.25) is 0 Å². The van der Waals surface area contributed by atoms with Crippen molar-refractivity contribution in [3.8, 4) is 0 Å². The van der Waals surface area contributed by atoms with E-state index in [1.165, 1.54) is 0 Å². The molecule has 15 heavy (non-hydrogen) atoms. The van der Waals surface area contributed by atoms with Crippen molar-refractivity contribution in [2.45, 2.75) is 33.7 Å². The fourth-order valence-electron chi connectivity index (χ4n) is 1.42. The van der Waals surface area contributed by atoms with E-state index in [0.717, 1.165) is 43.3 Å². The van der Waals surface area contributed by atoms with Gasteiger partial charge in [0.15, 0.2) is 0 Å². The summed E-state index contributed by atoms with van der Waals surface area (Å²) in [7, 11) is 0. The Morgan fingerprint density at radius 1 is 1.47 bits per heavy atom. The van der Waals surface area contributed by atoms with Gasteiger partial charge in [-0.1, -0.05) is 13.5 Å². The van der Waals surface area contributed by atoms with Gasteiger partial charge in [0.05, 0.1) is 6.54 Å². The van der Waals surface area contributed by atoms with E-state index in [-0.39, 0.29) is 0 Å². The van der Waals surface area contributed by atoms with Crippen molar-refractivity contribution >= 4 is 0 Å². The summed E-state index contributed by atoms with van der Waals surface area (Å²) < 4.78 is 1.89. The number of aromatic nitrogens is 3. The zero-order valence-electron chi connectivity index (χ0n) is 9.88. The third-order valence-corrected chi connectivity index (χ3v) is 2.14. The first-order valence-electron chi connectivity index (χ1n) is 5.39. The van der Waals surface area contributed by atoms with Gasteiger partial charge in [-0.05, 0) is 32.4 Å². The molecule has 0 unspecified atom stereocenters. The minimum Gasteiger partial charge on any atom is -0.313 e. The molecule has 1 N–H and O–H groups in total. The fraction of sp³-hybridized carbons (Fsp3) is 0.636. The molecule has 4 nitrogen and oxygen atoms in total.